The summed E-state index contributed by atoms with van der Waals surface area (Å²) in [5.74, 6) is 0.0435. The van der Waals surface area contributed by atoms with Crippen LogP contribution in [0.4, 0.5) is 0 Å². The Morgan fingerprint density at radius 3 is 2.76 bits per heavy atom. The highest BCUT2D eigenvalue weighted by Crippen LogP contribution is 2.14. The Bertz CT molecular complexity index is 353. The Labute approximate surface area is 100 Å². The fourth-order valence-corrected chi connectivity index (χ4v) is 1.37. The minimum Gasteiger partial charge on any atom is -0.481 e. The molecule has 6 nitrogen and oxygen atoms in total. The lowest BCUT2D eigenvalue weighted by molar-refractivity contribution is -0.120. The number of amides is 1. The third-order valence-electron chi connectivity index (χ3n) is 2.24. The summed E-state index contributed by atoms with van der Waals surface area (Å²) in [6.45, 7) is 1.05. The topological polar surface area (TPSA) is 86.5 Å². The highest BCUT2D eigenvalue weighted by Gasteiger charge is 2.17. The Hall–Kier alpha value is -1.66. The van der Waals surface area contributed by atoms with Gasteiger partial charge >= 0.3 is 0 Å². The molecule has 1 aromatic rings. The van der Waals surface area contributed by atoms with Crippen LogP contribution in [0.3, 0.4) is 0 Å². The summed E-state index contributed by atoms with van der Waals surface area (Å²) in [6.07, 6.45) is 1.56. The third kappa shape index (κ3) is 4.01. The van der Waals surface area contributed by atoms with E-state index in [2.05, 4.69) is 10.3 Å². The van der Waals surface area contributed by atoms with Gasteiger partial charge in [-0.15, -0.1) is 0 Å². The van der Waals surface area contributed by atoms with E-state index >= 15 is 0 Å². The van der Waals surface area contributed by atoms with E-state index in [1.807, 2.05) is 0 Å². The molecule has 3 N–H and O–H groups in total. The predicted octanol–water partition coefficient (Wildman–Crippen LogP) is -0.147. The number of methoxy groups -OCH3 is 2. The highest BCUT2D eigenvalue weighted by molar-refractivity contribution is 5.81. The maximum Gasteiger partial charge on any atom is 0.239 e. The Morgan fingerprint density at radius 2 is 2.29 bits per heavy atom. The number of primary amides is 1. The van der Waals surface area contributed by atoms with Gasteiger partial charge in [-0.25, -0.2) is 4.98 Å². The molecule has 17 heavy (non-hydrogen) atoms. The molecule has 0 saturated heterocycles. The third-order valence-corrected chi connectivity index (χ3v) is 2.24. The standard InChI is InChI=1S/C11H17N3O3/c1-16-6-5-13-10(11(12)15)8-3-4-9(17-2)14-7-8/h3-4,7,10,13H,5-6H2,1-2H3,(H2,12,15). The van der Waals surface area contributed by atoms with E-state index in [9.17, 15) is 4.79 Å². The lowest BCUT2D eigenvalue weighted by Crippen LogP contribution is -2.35. The van der Waals surface area contributed by atoms with Crippen LogP contribution in [0.1, 0.15) is 11.6 Å². The number of nitrogens with zero attached hydrogens (tertiary/aromatic N) is 1. The zero-order chi connectivity index (χ0) is 12.7. The van der Waals surface area contributed by atoms with Crippen LogP contribution >= 0.6 is 0 Å². The molecular formula is C11H17N3O3. The van der Waals surface area contributed by atoms with Crippen LogP contribution in [0, 0.1) is 0 Å². The molecule has 1 aromatic heterocycles. The van der Waals surface area contributed by atoms with E-state index in [-0.39, 0.29) is 0 Å². The van der Waals surface area contributed by atoms with Crippen molar-refractivity contribution in [3.8, 4) is 5.88 Å². The molecule has 1 amide bonds. The summed E-state index contributed by atoms with van der Waals surface area (Å²) in [5.41, 5.74) is 6.02. The van der Waals surface area contributed by atoms with Crippen molar-refractivity contribution in [2.45, 2.75) is 6.04 Å². The van der Waals surface area contributed by atoms with Crippen LogP contribution in [0.2, 0.25) is 0 Å². The molecule has 0 spiro atoms. The lowest BCUT2D eigenvalue weighted by atomic mass is 10.1. The molecule has 1 unspecified atom stereocenters. The van der Waals surface area contributed by atoms with Crippen molar-refractivity contribution in [1.82, 2.24) is 10.3 Å². The fraction of sp³-hybridized carbons (Fsp3) is 0.455. The van der Waals surface area contributed by atoms with Crippen LogP contribution < -0.4 is 15.8 Å². The fourth-order valence-electron chi connectivity index (χ4n) is 1.37. The molecule has 0 aliphatic rings. The van der Waals surface area contributed by atoms with Gasteiger partial charge in [0.05, 0.1) is 13.7 Å². The molecule has 1 rings (SSSR count). The maximum absolute atomic E-state index is 11.3. The summed E-state index contributed by atoms with van der Waals surface area (Å²) in [4.78, 5) is 15.3. The zero-order valence-electron chi connectivity index (χ0n) is 9.97. The first-order chi connectivity index (χ1) is 8.19. The quantitative estimate of drug-likeness (QED) is 0.646. The Kier molecular flexibility index (Phi) is 5.38. The normalized spacial score (nSPS) is 12.1. The number of ether oxygens (including phenoxy) is 2. The second-order valence-corrected chi connectivity index (χ2v) is 3.42. The van der Waals surface area contributed by atoms with Gasteiger partial charge in [0.1, 0.15) is 6.04 Å². The van der Waals surface area contributed by atoms with E-state index in [0.29, 0.717) is 24.6 Å². The van der Waals surface area contributed by atoms with Gasteiger partial charge in [-0.05, 0) is 5.56 Å². The summed E-state index contributed by atoms with van der Waals surface area (Å²) in [7, 11) is 3.13. The number of carbonyl (C=O) groups excluding carboxylic acids is 1. The number of hydrogen-bond acceptors (Lipinski definition) is 5. The number of nitrogens with one attached hydrogen (secondary N) is 1. The monoisotopic (exact) mass is 239 g/mol. The molecule has 0 fully saturated rings. The Balaban J connectivity index is 2.71. The number of aromatic nitrogens is 1. The minimum atomic E-state index is -0.566. The van der Waals surface area contributed by atoms with Crippen molar-refractivity contribution in [3.63, 3.8) is 0 Å². The van der Waals surface area contributed by atoms with Crippen molar-refractivity contribution in [2.24, 2.45) is 5.73 Å². The molecule has 6 heteroatoms. The maximum atomic E-state index is 11.3. The van der Waals surface area contributed by atoms with Crippen LogP contribution in [0.15, 0.2) is 18.3 Å². The van der Waals surface area contributed by atoms with Gasteiger partial charge in [-0.1, -0.05) is 6.07 Å². The van der Waals surface area contributed by atoms with E-state index in [1.54, 1.807) is 25.4 Å². The average Bonchev–Trinajstić information content (AvgIpc) is 2.34. The van der Waals surface area contributed by atoms with Gasteiger partial charge in [0, 0.05) is 25.9 Å². The number of rotatable bonds is 7. The summed E-state index contributed by atoms with van der Waals surface area (Å²) in [6, 6.07) is 2.87. The van der Waals surface area contributed by atoms with E-state index < -0.39 is 11.9 Å². The first-order valence-electron chi connectivity index (χ1n) is 5.20. The molecular weight excluding hydrogens is 222 g/mol. The molecule has 1 heterocycles. The summed E-state index contributed by atoms with van der Waals surface area (Å²) < 4.78 is 9.83. The minimum absolute atomic E-state index is 0.451. The van der Waals surface area contributed by atoms with Gasteiger partial charge in [0.25, 0.3) is 0 Å². The van der Waals surface area contributed by atoms with Gasteiger partial charge in [-0.2, -0.15) is 0 Å². The van der Waals surface area contributed by atoms with Gasteiger partial charge in [0.2, 0.25) is 11.8 Å². The van der Waals surface area contributed by atoms with Crippen molar-refractivity contribution in [1.29, 1.82) is 0 Å². The zero-order valence-corrected chi connectivity index (χ0v) is 9.97. The second-order valence-electron chi connectivity index (χ2n) is 3.42. The molecule has 0 aromatic carbocycles. The van der Waals surface area contributed by atoms with Gasteiger partial charge in [-0.3, -0.25) is 10.1 Å². The van der Waals surface area contributed by atoms with Gasteiger partial charge < -0.3 is 15.2 Å². The van der Waals surface area contributed by atoms with E-state index in [1.165, 1.54) is 7.11 Å². The van der Waals surface area contributed by atoms with Crippen LogP contribution in [0.25, 0.3) is 0 Å². The predicted molar refractivity (Wildman–Crippen MR) is 62.6 cm³/mol. The van der Waals surface area contributed by atoms with Crippen LogP contribution in [0.5, 0.6) is 5.88 Å². The molecule has 0 saturated carbocycles. The van der Waals surface area contributed by atoms with Gasteiger partial charge in [0.15, 0.2) is 0 Å². The molecule has 0 bridgehead atoms. The van der Waals surface area contributed by atoms with Crippen LogP contribution in [-0.4, -0.2) is 38.3 Å². The molecule has 0 aliphatic heterocycles. The number of carbonyl (C=O) groups is 1. The lowest BCUT2D eigenvalue weighted by Gasteiger charge is -2.15. The molecule has 0 radical (unpaired) electrons. The van der Waals surface area contributed by atoms with Crippen molar-refractivity contribution < 1.29 is 14.3 Å². The van der Waals surface area contributed by atoms with Crippen molar-refractivity contribution >= 4 is 5.91 Å². The first kappa shape index (κ1) is 13.4. The van der Waals surface area contributed by atoms with E-state index in [4.69, 9.17) is 15.2 Å². The number of nitrogens with two attached hydrogens (primary N) is 1. The number of pyridine rings is 1. The highest BCUT2D eigenvalue weighted by atomic mass is 16.5. The SMILES string of the molecule is COCCNC(C(N)=O)c1ccc(OC)nc1. The largest absolute Gasteiger partial charge is 0.481 e. The Morgan fingerprint density at radius 1 is 1.53 bits per heavy atom. The molecule has 0 aliphatic carbocycles. The van der Waals surface area contributed by atoms with Crippen molar-refractivity contribution in [3.05, 3.63) is 23.9 Å². The van der Waals surface area contributed by atoms with Crippen molar-refractivity contribution in [2.75, 3.05) is 27.4 Å². The van der Waals surface area contributed by atoms with Crippen LogP contribution in [-0.2, 0) is 9.53 Å². The number of hydrogen-bond donors (Lipinski definition) is 2. The first-order valence-corrected chi connectivity index (χ1v) is 5.20. The second kappa shape index (κ2) is 6.82. The molecule has 94 valence electrons. The van der Waals surface area contributed by atoms with E-state index in [0.717, 1.165) is 0 Å². The summed E-state index contributed by atoms with van der Waals surface area (Å²) in [5, 5.41) is 2.99. The smallest absolute Gasteiger partial charge is 0.239 e. The average molecular weight is 239 g/mol. The summed E-state index contributed by atoms with van der Waals surface area (Å²) >= 11 is 0. The molecule has 1 atom stereocenters.